The summed E-state index contributed by atoms with van der Waals surface area (Å²) >= 11 is 1.38. The van der Waals surface area contributed by atoms with E-state index < -0.39 is 4.92 Å². The molecular weight excluding hydrogens is 390 g/mol. The zero-order chi connectivity index (χ0) is 21.0. The van der Waals surface area contributed by atoms with E-state index in [1.54, 1.807) is 35.1 Å². The fourth-order valence-electron chi connectivity index (χ4n) is 2.85. The predicted molar refractivity (Wildman–Crippen MR) is 111 cm³/mol. The first kappa shape index (κ1) is 20.5. The van der Waals surface area contributed by atoms with E-state index in [9.17, 15) is 14.9 Å². The number of rotatable bonds is 7. The molecule has 0 fully saturated rings. The molecule has 29 heavy (non-hydrogen) atoms. The average molecular weight is 411 g/mol. The minimum Gasteiger partial charge on any atom is -0.338 e. The van der Waals surface area contributed by atoms with Gasteiger partial charge in [0, 0.05) is 24.1 Å². The van der Waals surface area contributed by atoms with Gasteiger partial charge in [-0.25, -0.2) is 9.67 Å². The fourth-order valence-corrected chi connectivity index (χ4v) is 3.82. The maximum atomic E-state index is 12.9. The Bertz CT molecular complexity index is 974. The molecule has 0 aliphatic heterocycles. The van der Waals surface area contributed by atoms with Gasteiger partial charge in [0.25, 0.3) is 5.69 Å². The summed E-state index contributed by atoms with van der Waals surface area (Å²) in [5, 5.41) is 14.5. The molecule has 1 heterocycles. The van der Waals surface area contributed by atoms with E-state index in [1.165, 1.54) is 30.2 Å². The average Bonchev–Trinajstić information content (AvgIpc) is 3.27. The van der Waals surface area contributed by atoms with Crippen LogP contribution in [0.15, 0.2) is 66.1 Å². The van der Waals surface area contributed by atoms with Crippen molar-refractivity contribution in [1.82, 2.24) is 19.7 Å². The van der Waals surface area contributed by atoms with Gasteiger partial charge in [-0.3, -0.25) is 14.9 Å². The Balaban J connectivity index is 1.64. The summed E-state index contributed by atoms with van der Waals surface area (Å²) in [6.45, 7) is 3.82. The van der Waals surface area contributed by atoms with Crippen molar-refractivity contribution in [3.05, 3.63) is 76.9 Å². The van der Waals surface area contributed by atoms with Gasteiger partial charge >= 0.3 is 0 Å². The van der Waals surface area contributed by atoms with Crippen LogP contribution in [0.25, 0.3) is 5.69 Å². The first-order chi connectivity index (χ1) is 13.9. The van der Waals surface area contributed by atoms with E-state index in [1.807, 2.05) is 38.1 Å². The number of hydrogen-bond acceptors (Lipinski definition) is 6. The molecule has 2 unspecified atom stereocenters. The number of non-ortho nitro benzene ring substituents is 1. The number of nitro benzene ring substituents is 1. The van der Waals surface area contributed by atoms with E-state index in [-0.39, 0.29) is 22.9 Å². The highest BCUT2D eigenvalue weighted by atomic mass is 32.2. The first-order valence-electron chi connectivity index (χ1n) is 8.99. The molecule has 0 aliphatic carbocycles. The molecule has 150 valence electrons. The smallest absolute Gasteiger partial charge is 0.269 e. The Hall–Kier alpha value is -3.20. The summed E-state index contributed by atoms with van der Waals surface area (Å²) in [6.07, 6.45) is 3.11. The number of hydrogen-bond donors (Lipinski definition) is 0. The SMILES string of the molecule is CC(Sc1ccc([N+](=O)[O-])cc1)C(=O)N(C)C(C)c1ccc(-n2cncn2)cc1. The van der Waals surface area contributed by atoms with Crippen molar-refractivity contribution in [3.63, 3.8) is 0 Å². The van der Waals surface area contributed by atoms with Crippen LogP contribution in [-0.4, -0.2) is 42.8 Å². The molecule has 0 saturated heterocycles. The van der Waals surface area contributed by atoms with Gasteiger partial charge in [0.1, 0.15) is 12.7 Å². The summed E-state index contributed by atoms with van der Waals surface area (Å²) in [5.41, 5.74) is 1.94. The Morgan fingerprint density at radius 2 is 1.79 bits per heavy atom. The number of nitrogens with zero attached hydrogens (tertiary/aromatic N) is 5. The lowest BCUT2D eigenvalue weighted by molar-refractivity contribution is -0.384. The lowest BCUT2D eigenvalue weighted by Crippen LogP contribution is -2.35. The third-order valence-corrected chi connectivity index (χ3v) is 5.80. The number of thioether (sulfide) groups is 1. The second kappa shape index (κ2) is 8.87. The molecule has 2 atom stereocenters. The molecule has 0 bridgehead atoms. The highest BCUT2D eigenvalue weighted by molar-refractivity contribution is 8.00. The lowest BCUT2D eigenvalue weighted by atomic mass is 10.1. The molecule has 0 aliphatic rings. The van der Waals surface area contributed by atoms with Gasteiger partial charge in [-0.2, -0.15) is 5.10 Å². The zero-order valence-electron chi connectivity index (χ0n) is 16.3. The third kappa shape index (κ3) is 4.80. The van der Waals surface area contributed by atoms with E-state index in [0.717, 1.165) is 16.1 Å². The number of amides is 1. The van der Waals surface area contributed by atoms with Crippen molar-refractivity contribution in [3.8, 4) is 5.69 Å². The Labute approximate surface area is 172 Å². The highest BCUT2D eigenvalue weighted by Gasteiger charge is 2.23. The third-order valence-electron chi connectivity index (χ3n) is 4.70. The number of carbonyl (C=O) groups excluding carboxylic acids is 1. The second-order valence-electron chi connectivity index (χ2n) is 6.57. The van der Waals surface area contributed by atoms with Gasteiger partial charge in [-0.15, -0.1) is 11.8 Å². The summed E-state index contributed by atoms with van der Waals surface area (Å²) in [7, 11) is 1.78. The molecule has 0 radical (unpaired) electrons. The summed E-state index contributed by atoms with van der Waals surface area (Å²) < 4.78 is 1.67. The number of nitro groups is 1. The van der Waals surface area contributed by atoms with Gasteiger partial charge < -0.3 is 4.90 Å². The van der Waals surface area contributed by atoms with Crippen LogP contribution in [-0.2, 0) is 4.79 Å². The van der Waals surface area contributed by atoms with Gasteiger partial charge in [-0.1, -0.05) is 12.1 Å². The second-order valence-corrected chi connectivity index (χ2v) is 7.98. The van der Waals surface area contributed by atoms with Crippen LogP contribution in [0.5, 0.6) is 0 Å². The maximum absolute atomic E-state index is 12.9. The van der Waals surface area contributed by atoms with Gasteiger partial charge in [0.15, 0.2) is 0 Å². The van der Waals surface area contributed by atoms with Crippen molar-refractivity contribution in [1.29, 1.82) is 0 Å². The number of carbonyl (C=O) groups is 1. The summed E-state index contributed by atoms with van der Waals surface area (Å²) in [6, 6.07) is 13.9. The molecule has 2 aromatic carbocycles. The molecular formula is C20H21N5O3S. The lowest BCUT2D eigenvalue weighted by Gasteiger charge is -2.28. The van der Waals surface area contributed by atoms with Crippen molar-refractivity contribution in [2.24, 2.45) is 0 Å². The molecule has 3 rings (SSSR count). The largest absolute Gasteiger partial charge is 0.338 e. The van der Waals surface area contributed by atoms with E-state index in [0.29, 0.717) is 0 Å². The van der Waals surface area contributed by atoms with Crippen LogP contribution in [0.1, 0.15) is 25.5 Å². The van der Waals surface area contributed by atoms with E-state index in [4.69, 9.17) is 0 Å². The van der Waals surface area contributed by atoms with Gasteiger partial charge in [0.05, 0.1) is 21.9 Å². The van der Waals surface area contributed by atoms with Crippen LogP contribution in [0.4, 0.5) is 5.69 Å². The molecule has 9 heteroatoms. The maximum Gasteiger partial charge on any atom is 0.269 e. The summed E-state index contributed by atoms with van der Waals surface area (Å²) in [5.74, 6) is -0.0128. The van der Waals surface area contributed by atoms with Crippen LogP contribution < -0.4 is 0 Å². The Kier molecular flexibility index (Phi) is 6.28. The molecule has 1 amide bonds. The monoisotopic (exact) mass is 411 g/mol. The number of benzene rings is 2. The van der Waals surface area contributed by atoms with Crippen molar-refractivity contribution < 1.29 is 9.72 Å². The predicted octanol–water partition coefficient (Wildman–Crippen LogP) is 3.88. The topological polar surface area (TPSA) is 94.2 Å². The van der Waals surface area contributed by atoms with Crippen molar-refractivity contribution >= 4 is 23.4 Å². The quantitative estimate of drug-likeness (QED) is 0.333. The fraction of sp³-hybridized carbons (Fsp3) is 0.250. The number of aromatic nitrogens is 3. The van der Waals surface area contributed by atoms with Gasteiger partial charge in [-0.05, 0) is 43.7 Å². The molecule has 8 nitrogen and oxygen atoms in total. The minimum absolute atomic E-state index is 0.0128. The first-order valence-corrected chi connectivity index (χ1v) is 9.87. The molecule has 0 spiro atoms. The standard InChI is InChI=1S/C20H21N5O3S/c1-14(16-4-6-17(7-5-16)24-13-21-12-22-24)23(3)20(26)15(2)29-19-10-8-18(9-11-19)25(27)28/h4-15H,1-3H3. The van der Waals surface area contributed by atoms with Crippen molar-refractivity contribution in [2.75, 3.05) is 7.05 Å². The van der Waals surface area contributed by atoms with E-state index in [2.05, 4.69) is 10.1 Å². The zero-order valence-corrected chi connectivity index (χ0v) is 17.1. The minimum atomic E-state index is -0.438. The highest BCUT2D eigenvalue weighted by Crippen LogP contribution is 2.28. The van der Waals surface area contributed by atoms with Gasteiger partial charge in [0.2, 0.25) is 5.91 Å². The Morgan fingerprint density at radius 3 is 2.34 bits per heavy atom. The van der Waals surface area contributed by atoms with Crippen LogP contribution in [0.2, 0.25) is 0 Å². The normalized spacial score (nSPS) is 12.9. The van der Waals surface area contributed by atoms with E-state index >= 15 is 0 Å². The van der Waals surface area contributed by atoms with Crippen LogP contribution in [0.3, 0.4) is 0 Å². The van der Waals surface area contributed by atoms with Crippen LogP contribution >= 0.6 is 11.8 Å². The summed E-state index contributed by atoms with van der Waals surface area (Å²) in [4.78, 5) is 29.7. The van der Waals surface area contributed by atoms with Crippen molar-refractivity contribution in [2.45, 2.75) is 30.0 Å². The molecule has 0 saturated carbocycles. The molecule has 3 aromatic rings. The molecule has 0 N–H and O–H groups in total. The Morgan fingerprint density at radius 1 is 1.14 bits per heavy atom. The van der Waals surface area contributed by atoms with Crippen LogP contribution in [0, 0.1) is 10.1 Å². The molecule has 1 aromatic heterocycles.